The standard InChI is InChI=1S/C15H19N5/c1-2-10-20(11-3-1)15-17-9-6-14(19-15)18-12-13-4-7-16-8-5-13/h4-9H,1-3,10-12H2,(H,17,18,19). The average molecular weight is 269 g/mol. The lowest BCUT2D eigenvalue weighted by Crippen LogP contribution is -2.31. The molecule has 1 aliphatic rings. The molecule has 0 atom stereocenters. The summed E-state index contributed by atoms with van der Waals surface area (Å²) in [4.78, 5) is 15.3. The van der Waals surface area contributed by atoms with Crippen LogP contribution in [0.15, 0.2) is 36.8 Å². The minimum Gasteiger partial charge on any atom is -0.366 e. The zero-order chi connectivity index (χ0) is 13.6. The molecule has 0 aliphatic carbocycles. The van der Waals surface area contributed by atoms with Gasteiger partial charge in [0.25, 0.3) is 0 Å². The maximum Gasteiger partial charge on any atom is 0.227 e. The van der Waals surface area contributed by atoms with Crippen molar-refractivity contribution in [1.29, 1.82) is 0 Å². The van der Waals surface area contributed by atoms with Gasteiger partial charge in [0.15, 0.2) is 0 Å². The van der Waals surface area contributed by atoms with Gasteiger partial charge in [-0.3, -0.25) is 4.98 Å². The second-order valence-electron chi connectivity index (χ2n) is 5.00. The van der Waals surface area contributed by atoms with E-state index >= 15 is 0 Å². The van der Waals surface area contributed by atoms with Crippen molar-refractivity contribution in [3.05, 3.63) is 42.4 Å². The number of nitrogens with one attached hydrogen (secondary N) is 1. The van der Waals surface area contributed by atoms with Crippen LogP contribution in [0.25, 0.3) is 0 Å². The summed E-state index contributed by atoms with van der Waals surface area (Å²) in [5.41, 5.74) is 1.19. The zero-order valence-corrected chi connectivity index (χ0v) is 11.5. The molecule has 0 radical (unpaired) electrons. The highest BCUT2D eigenvalue weighted by atomic mass is 15.3. The van der Waals surface area contributed by atoms with Gasteiger partial charge in [-0.15, -0.1) is 0 Å². The predicted octanol–water partition coefficient (Wildman–Crippen LogP) is 2.47. The van der Waals surface area contributed by atoms with Gasteiger partial charge in [0.2, 0.25) is 5.95 Å². The molecular weight excluding hydrogens is 250 g/mol. The normalized spacial score (nSPS) is 15.1. The molecular formula is C15H19N5. The maximum absolute atomic E-state index is 4.60. The Labute approximate surface area is 119 Å². The van der Waals surface area contributed by atoms with Crippen LogP contribution in [0.5, 0.6) is 0 Å². The van der Waals surface area contributed by atoms with Gasteiger partial charge in [0.05, 0.1) is 0 Å². The summed E-state index contributed by atoms with van der Waals surface area (Å²) >= 11 is 0. The summed E-state index contributed by atoms with van der Waals surface area (Å²) in [5, 5.41) is 3.33. The van der Waals surface area contributed by atoms with Crippen LogP contribution in [0.3, 0.4) is 0 Å². The van der Waals surface area contributed by atoms with Crippen molar-refractivity contribution in [2.45, 2.75) is 25.8 Å². The molecule has 0 aromatic carbocycles. The first-order valence-electron chi connectivity index (χ1n) is 7.12. The quantitative estimate of drug-likeness (QED) is 0.924. The Kier molecular flexibility index (Phi) is 4.06. The number of pyridine rings is 1. The van der Waals surface area contributed by atoms with Crippen LogP contribution in [-0.4, -0.2) is 28.0 Å². The molecule has 1 saturated heterocycles. The third-order valence-corrected chi connectivity index (χ3v) is 3.50. The summed E-state index contributed by atoms with van der Waals surface area (Å²) in [6, 6.07) is 5.91. The minimum absolute atomic E-state index is 0.749. The molecule has 3 rings (SSSR count). The van der Waals surface area contributed by atoms with E-state index in [1.54, 1.807) is 12.4 Å². The number of nitrogens with zero attached hydrogens (tertiary/aromatic N) is 4. The highest BCUT2D eigenvalue weighted by Crippen LogP contribution is 2.17. The van der Waals surface area contributed by atoms with Crippen LogP contribution in [0.2, 0.25) is 0 Å². The van der Waals surface area contributed by atoms with Crippen LogP contribution in [0, 0.1) is 0 Å². The summed E-state index contributed by atoms with van der Waals surface area (Å²) in [6.07, 6.45) is 9.21. The summed E-state index contributed by atoms with van der Waals surface area (Å²) < 4.78 is 0. The minimum atomic E-state index is 0.749. The molecule has 5 nitrogen and oxygen atoms in total. The van der Waals surface area contributed by atoms with E-state index in [1.807, 2.05) is 24.4 Å². The first-order valence-corrected chi connectivity index (χ1v) is 7.12. The van der Waals surface area contributed by atoms with E-state index in [0.717, 1.165) is 31.4 Å². The molecule has 0 unspecified atom stereocenters. The van der Waals surface area contributed by atoms with E-state index in [9.17, 15) is 0 Å². The smallest absolute Gasteiger partial charge is 0.227 e. The van der Waals surface area contributed by atoms with Gasteiger partial charge < -0.3 is 10.2 Å². The third-order valence-electron chi connectivity index (χ3n) is 3.50. The van der Waals surface area contributed by atoms with Crippen molar-refractivity contribution in [2.75, 3.05) is 23.3 Å². The lowest BCUT2D eigenvalue weighted by Gasteiger charge is -2.26. The van der Waals surface area contributed by atoms with E-state index in [0.29, 0.717) is 0 Å². The Morgan fingerprint density at radius 2 is 1.80 bits per heavy atom. The van der Waals surface area contributed by atoms with Crippen LogP contribution in [0.1, 0.15) is 24.8 Å². The molecule has 0 spiro atoms. The molecule has 1 N–H and O–H groups in total. The number of aromatic nitrogens is 3. The van der Waals surface area contributed by atoms with Gasteiger partial charge in [-0.1, -0.05) is 0 Å². The fourth-order valence-corrected chi connectivity index (χ4v) is 2.39. The molecule has 5 heteroatoms. The van der Waals surface area contributed by atoms with Crippen molar-refractivity contribution >= 4 is 11.8 Å². The molecule has 1 fully saturated rings. The Morgan fingerprint density at radius 3 is 2.60 bits per heavy atom. The second-order valence-corrected chi connectivity index (χ2v) is 5.00. The lowest BCUT2D eigenvalue weighted by atomic mass is 10.1. The van der Waals surface area contributed by atoms with E-state index < -0.39 is 0 Å². The van der Waals surface area contributed by atoms with Crippen LogP contribution < -0.4 is 10.2 Å². The van der Waals surface area contributed by atoms with E-state index in [4.69, 9.17) is 0 Å². The average Bonchev–Trinajstić information content (AvgIpc) is 2.55. The number of hydrogen-bond acceptors (Lipinski definition) is 5. The topological polar surface area (TPSA) is 53.9 Å². The molecule has 2 aromatic rings. The first-order chi connectivity index (χ1) is 9.92. The molecule has 104 valence electrons. The Balaban J connectivity index is 1.65. The fourth-order valence-electron chi connectivity index (χ4n) is 2.39. The van der Waals surface area contributed by atoms with Crippen molar-refractivity contribution in [2.24, 2.45) is 0 Å². The van der Waals surface area contributed by atoms with Crippen LogP contribution >= 0.6 is 0 Å². The van der Waals surface area contributed by atoms with E-state index in [-0.39, 0.29) is 0 Å². The highest BCUT2D eigenvalue weighted by Gasteiger charge is 2.13. The largest absolute Gasteiger partial charge is 0.366 e. The van der Waals surface area contributed by atoms with Crippen LogP contribution in [-0.2, 0) is 6.54 Å². The summed E-state index contributed by atoms with van der Waals surface area (Å²) in [7, 11) is 0. The number of piperidine rings is 1. The summed E-state index contributed by atoms with van der Waals surface area (Å²) in [5.74, 6) is 1.71. The Hall–Kier alpha value is -2.17. The molecule has 3 heterocycles. The molecule has 0 bridgehead atoms. The van der Waals surface area contributed by atoms with Gasteiger partial charge in [-0.25, -0.2) is 4.98 Å². The molecule has 0 amide bonds. The number of rotatable bonds is 4. The van der Waals surface area contributed by atoms with Crippen LogP contribution in [0.4, 0.5) is 11.8 Å². The number of hydrogen-bond donors (Lipinski definition) is 1. The van der Waals surface area contributed by atoms with Crippen molar-refractivity contribution in [1.82, 2.24) is 15.0 Å². The third kappa shape index (κ3) is 3.23. The maximum atomic E-state index is 4.60. The SMILES string of the molecule is c1cc(CNc2ccnc(N3CCCCC3)n2)ccn1. The van der Waals surface area contributed by atoms with E-state index in [1.165, 1.54) is 24.8 Å². The van der Waals surface area contributed by atoms with E-state index in [2.05, 4.69) is 25.2 Å². The lowest BCUT2D eigenvalue weighted by molar-refractivity contribution is 0.568. The van der Waals surface area contributed by atoms with Gasteiger partial charge in [-0.05, 0) is 43.0 Å². The zero-order valence-electron chi connectivity index (χ0n) is 11.5. The Morgan fingerprint density at radius 1 is 1.00 bits per heavy atom. The second kappa shape index (κ2) is 6.32. The van der Waals surface area contributed by atoms with Crippen molar-refractivity contribution in [3.8, 4) is 0 Å². The molecule has 0 saturated carbocycles. The van der Waals surface area contributed by atoms with Gasteiger partial charge >= 0.3 is 0 Å². The molecule has 2 aromatic heterocycles. The van der Waals surface area contributed by atoms with Gasteiger partial charge in [0.1, 0.15) is 5.82 Å². The summed E-state index contributed by atoms with van der Waals surface area (Å²) in [6.45, 7) is 2.88. The monoisotopic (exact) mass is 269 g/mol. The number of anilines is 2. The highest BCUT2D eigenvalue weighted by molar-refractivity contribution is 5.41. The Bertz CT molecular complexity index is 537. The fraction of sp³-hybridized carbons (Fsp3) is 0.400. The van der Waals surface area contributed by atoms with Crippen molar-refractivity contribution < 1.29 is 0 Å². The molecule has 1 aliphatic heterocycles. The first kappa shape index (κ1) is 12.8. The van der Waals surface area contributed by atoms with Gasteiger partial charge in [-0.2, -0.15) is 4.98 Å². The predicted molar refractivity (Wildman–Crippen MR) is 79.7 cm³/mol. The molecule has 20 heavy (non-hydrogen) atoms. The van der Waals surface area contributed by atoms with Gasteiger partial charge in [0, 0.05) is 38.2 Å². The van der Waals surface area contributed by atoms with Crippen molar-refractivity contribution in [3.63, 3.8) is 0 Å².